The van der Waals surface area contributed by atoms with E-state index in [-0.39, 0.29) is 7.43 Å². The van der Waals surface area contributed by atoms with Crippen LogP contribution in [-0.2, 0) is 0 Å². The number of hydrogen-bond donors (Lipinski definition) is 1. The van der Waals surface area contributed by atoms with E-state index in [2.05, 4.69) is 34.3 Å². The molecule has 0 aliphatic carbocycles. The number of hydrogen-bond acceptors (Lipinski definition) is 3. The van der Waals surface area contributed by atoms with E-state index in [1.165, 1.54) is 5.56 Å². The fraction of sp³-hybridized carbons (Fsp3) is 0.273. The first-order chi connectivity index (χ1) is 6.29. The zero-order valence-corrected chi connectivity index (χ0v) is 7.70. The SMILES string of the molecule is C.CNc1ncc2cc(C)ccc2n1. The van der Waals surface area contributed by atoms with Gasteiger partial charge in [-0.15, -0.1) is 0 Å². The predicted octanol–water partition coefficient (Wildman–Crippen LogP) is 2.62. The molecule has 1 aromatic heterocycles. The van der Waals surface area contributed by atoms with Gasteiger partial charge in [-0.3, -0.25) is 0 Å². The van der Waals surface area contributed by atoms with E-state index in [0.717, 1.165) is 10.9 Å². The summed E-state index contributed by atoms with van der Waals surface area (Å²) in [6.07, 6.45) is 1.83. The molecule has 1 aromatic carbocycles. The average Bonchev–Trinajstić information content (AvgIpc) is 2.17. The Bertz CT molecular complexity index is 437. The molecule has 0 fully saturated rings. The van der Waals surface area contributed by atoms with E-state index >= 15 is 0 Å². The molecule has 2 rings (SSSR count). The predicted molar refractivity (Wildman–Crippen MR) is 60.6 cm³/mol. The van der Waals surface area contributed by atoms with Crippen LogP contribution >= 0.6 is 0 Å². The highest BCUT2D eigenvalue weighted by Crippen LogP contribution is 2.13. The number of nitrogens with zero attached hydrogens (tertiary/aromatic N) is 2. The van der Waals surface area contributed by atoms with Crippen molar-refractivity contribution in [3.8, 4) is 0 Å². The van der Waals surface area contributed by atoms with Gasteiger partial charge in [0, 0.05) is 18.6 Å². The summed E-state index contributed by atoms with van der Waals surface area (Å²) in [6.45, 7) is 2.06. The van der Waals surface area contributed by atoms with Gasteiger partial charge in [-0.1, -0.05) is 19.1 Å². The van der Waals surface area contributed by atoms with Crippen molar-refractivity contribution in [1.82, 2.24) is 9.97 Å². The lowest BCUT2D eigenvalue weighted by molar-refractivity contribution is 1.19. The summed E-state index contributed by atoms with van der Waals surface area (Å²) in [5.41, 5.74) is 2.21. The van der Waals surface area contributed by atoms with E-state index in [1.807, 2.05) is 19.3 Å². The number of benzene rings is 1. The van der Waals surface area contributed by atoms with E-state index in [9.17, 15) is 0 Å². The quantitative estimate of drug-likeness (QED) is 0.749. The molecule has 0 radical (unpaired) electrons. The molecule has 14 heavy (non-hydrogen) atoms. The van der Waals surface area contributed by atoms with Crippen LogP contribution in [0.25, 0.3) is 10.9 Å². The fourth-order valence-corrected chi connectivity index (χ4v) is 1.27. The number of aromatic nitrogens is 2. The minimum atomic E-state index is 0. The van der Waals surface area contributed by atoms with Crippen LogP contribution in [0.3, 0.4) is 0 Å². The highest BCUT2D eigenvalue weighted by molar-refractivity contribution is 5.79. The fourth-order valence-electron chi connectivity index (χ4n) is 1.27. The van der Waals surface area contributed by atoms with Gasteiger partial charge >= 0.3 is 0 Å². The highest BCUT2D eigenvalue weighted by Gasteiger charge is 1.97. The minimum Gasteiger partial charge on any atom is -0.357 e. The van der Waals surface area contributed by atoms with Crippen molar-refractivity contribution in [2.45, 2.75) is 14.4 Å². The van der Waals surface area contributed by atoms with Crippen LogP contribution < -0.4 is 5.32 Å². The lowest BCUT2D eigenvalue weighted by atomic mass is 10.2. The average molecular weight is 189 g/mol. The zero-order chi connectivity index (χ0) is 9.26. The maximum absolute atomic E-state index is 4.31. The molecule has 3 heteroatoms. The van der Waals surface area contributed by atoms with Gasteiger partial charge in [0.2, 0.25) is 5.95 Å². The molecule has 1 heterocycles. The second-order valence-electron chi connectivity index (χ2n) is 3.01. The molecule has 2 aromatic rings. The molecule has 0 unspecified atom stereocenters. The van der Waals surface area contributed by atoms with Crippen LogP contribution in [0, 0.1) is 6.92 Å². The van der Waals surface area contributed by atoms with Crippen LogP contribution in [-0.4, -0.2) is 17.0 Å². The Hall–Kier alpha value is -1.64. The minimum absolute atomic E-state index is 0. The summed E-state index contributed by atoms with van der Waals surface area (Å²) in [7, 11) is 1.81. The third-order valence-corrected chi connectivity index (χ3v) is 1.96. The van der Waals surface area contributed by atoms with Crippen molar-refractivity contribution in [3.05, 3.63) is 30.0 Å². The van der Waals surface area contributed by atoms with Gasteiger partial charge in [0.05, 0.1) is 5.52 Å². The molecular formula is C11H15N3. The maximum Gasteiger partial charge on any atom is 0.222 e. The van der Waals surface area contributed by atoms with Crippen molar-refractivity contribution in [1.29, 1.82) is 0 Å². The summed E-state index contributed by atoms with van der Waals surface area (Å²) in [5, 5.41) is 3.99. The van der Waals surface area contributed by atoms with Gasteiger partial charge in [-0.2, -0.15) is 0 Å². The Kier molecular flexibility index (Phi) is 3.02. The van der Waals surface area contributed by atoms with Crippen molar-refractivity contribution in [3.63, 3.8) is 0 Å². The molecule has 0 saturated heterocycles. The van der Waals surface area contributed by atoms with Crippen molar-refractivity contribution in [2.75, 3.05) is 12.4 Å². The molecule has 1 N–H and O–H groups in total. The standard InChI is InChI=1S/C10H11N3.CH4/c1-7-3-4-9-8(5-7)6-12-10(11-2)13-9;/h3-6H,1-2H3,(H,11,12,13);1H4. The van der Waals surface area contributed by atoms with Gasteiger partial charge in [-0.25, -0.2) is 9.97 Å². The summed E-state index contributed by atoms with van der Waals surface area (Å²) in [6, 6.07) is 6.14. The molecule has 3 nitrogen and oxygen atoms in total. The Morgan fingerprint density at radius 1 is 1.29 bits per heavy atom. The van der Waals surface area contributed by atoms with Gasteiger partial charge in [-0.05, 0) is 19.1 Å². The number of anilines is 1. The largest absolute Gasteiger partial charge is 0.357 e. The maximum atomic E-state index is 4.31. The van der Waals surface area contributed by atoms with E-state index in [4.69, 9.17) is 0 Å². The molecule has 74 valence electrons. The first-order valence-electron chi connectivity index (χ1n) is 4.21. The van der Waals surface area contributed by atoms with Crippen LogP contribution in [0.5, 0.6) is 0 Å². The molecule has 0 amide bonds. The summed E-state index contributed by atoms with van der Waals surface area (Å²) in [5.74, 6) is 0.663. The van der Waals surface area contributed by atoms with Crippen LogP contribution in [0.15, 0.2) is 24.4 Å². The highest BCUT2D eigenvalue weighted by atomic mass is 15.1. The summed E-state index contributed by atoms with van der Waals surface area (Å²) >= 11 is 0. The molecule has 0 aliphatic heterocycles. The van der Waals surface area contributed by atoms with Crippen molar-refractivity contribution < 1.29 is 0 Å². The number of fused-ring (bicyclic) bond motifs is 1. The number of aryl methyl sites for hydroxylation is 1. The van der Waals surface area contributed by atoms with Crippen molar-refractivity contribution in [2.24, 2.45) is 0 Å². The van der Waals surface area contributed by atoms with Crippen molar-refractivity contribution >= 4 is 16.9 Å². The summed E-state index contributed by atoms with van der Waals surface area (Å²) in [4.78, 5) is 8.46. The van der Waals surface area contributed by atoms with Crippen LogP contribution in [0.4, 0.5) is 5.95 Å². The monoisotopic (exact) mass is 189 g/mol. The smallest absolute Gasteiger partial charge is 0.222 e. The Morgan fingerprint density at radius 3 is 2.79 bits per heavy atom. The number of nitrogens with one attached hydrogen (secondary N) is 1. The Balaban J connectivity index is 0.000000980. The molecular weight excluding hydrogens is 174 g/mol. The zero-order valence-electron chi connectivity index (χ0n) is 7.70. The second-order valence-corrected chi connectivity index (χ2v) is 3.01. The van der Waals surface area contributed by atoms with Gasteiger partial charge < -0.3 is 5.32 Å². The normalized spacial score (nSPS) is 9.57. The second kappa shape index (κ2) is 4.05. The molecule has 0 saturated carbocycles. The Labute approximate surface area is 84.2 Å². The lowest BCUT2D eigenvalue weighted by Gasteiger charge is -2.01. The first kappa shape index (κ1) is 10.4. The van der Waals surface area contributed by atoms with Gasteiger partial charge in [0.1, 0.15) is 0 Å². The third kappa shape index (κ3) is 1.82. The van der Waals surface area contributed by atoms with Gasteiger partial charge in [0.15, 0.2) is 0 Å². The molecule has 0 spiro atoms. The Morgan fingerprint density at radius 2 is 2.07 bits per heavy atom. The number of rotatable bonds is 1. The van der Waals surface area contributed by atoms with E-state index in [1.54, 1.807) is 0 Å². The van der Waals surface area contributed by atoms with Crippen LogP contribution in [0.2, 0.25) is 0 Å². The summed E-state index contributed by atoms with van der Waals surface area (Å²) < 4.78 is 0. The topological polar surface area (TPSA) is 37.8 Å². The van der Waals surface area contributed by atoms with E-state index in [0.29, 0.717) is 5.95 Å². The van der Waals surface area contributed by atoms with Crippen LogP contribution in [0.1, 0.15) is 13.0 Å². The first-order valence-corrected chi connectivity index (χ1v) is 4.21. The molecule has 0 atom stereocenters. The third-order valence-electron chi connectivity index (χ3n) is 1.96. The molecule has 0 bridgehead atoms. The van der Waals surface area contributed by atoms with Gasteiger partial charge in [0.25, 0.3) is 0 Å². The van der Waals surface area contributed by atoms with E-state index < -0.39 is 0 Å². The molecule has 0 aliphatic rings. The lowest BCUT2D eigenvalue weighted by Crippen LogP contribution is -1.95.